The lowest BCUT2D eigenvalue weighted by molar-refractivity contribution is -0.145. The summed E-state index contributed by atoms with van der Waals surface area (Å²) in [4.78, 5) is 44.2. The van der Waals surface area contributed by atoms with Crippen LogP contribution in [0, 0.1) is 18.3 Å². The number of para-hydroxylation sites is 1. The van der Waals surface area contributed by atoms with Crippen molar-refractivity contribution < 1.29 is 14.4 Å². The predicted octanol–water partition coefficient (Wildman–Crippen LogP) is 5.60. The second kappa shape index (κ2) is 10.4. The number of benzene rings is 2. The molecule has 36 heavy (non-hydrogen) atoms. The Hall–Kier alpha value is -3.21. The Morgan fingerprint density at radius 1 is 1.03 bits per heavy atom. The third-order valence-corrected chi connectivity index (χ3v) is 7.61. The maximum absolute atomic E-state index is 13.9. The molecule has 0 bridgehead atoms. The van der Waals surface area contributed by atoms with Crippen molar-refractivity contribution in [2.24, 2.45) is 11.3 Å². The average Bonchev–Trinajstić information content (AvgIpc) is 3.49. The Labute approximate surface area is 215 Å². The summed E-state index contributed by atoms with van der Waals surface area (Å²) in [6.07, 6.45) is 4.10. The maximum atomic E-state index is 13.9. The lowest BCUT2D eigenvalue weighted by Gasteiger charge is -2.35. The van der Waals surface area contributed by atoms with Crippen molar-refractivity contribution in [3.8, 4) is 0 Å². The SMILES string of the molecule is C/C(=C\C(=O)C[C@H](C(=O)N1CCCC1C(=O)N1CCc2ccccc21)C(C)(C)C)c1ccc(C)cc1. The van der Waals surface area contributed by atoms with Gasteiger partial charge in [-0.15, -0.1) is 0 Å². The van der Waals surface area contributed by atoms with E-state index in [0.717, 1.165) is 29.7 Å². The molecule has 0 aromatic heterocycles. The van der Waals surface area contributed by atoms with Gasteiger partial charge in [-0.25, -0.2) is 0 Å². The van der Waals surface area contributed by atoms with E-state index in [1.54, 1.807) is 11.0 Å². The van der Waals surface area contributed by atoms with Gasteiger partial charge < -0.3 is 9.80 Å². The zero-order chi connectivity index (χ0) is 26.0. The average molecular weight is 487 g/mol. The first-order valence-electron chi connectivity index (χ1n) is 13.0. The molecule has 2 atom stereocenters. The third-order valence-electron chi connectivity index (χ3n) is 7.61. The van der Waals surface area contributed by atoms with E-state index in [-0.39, 0.29) is 24.0 Å². The van der Waals surface area contributed by atoms with Gasteiger partial charge in [-0.2, -0.15) is 0 Å². The summed E-state index contributed by atoms with van der Waals surface area (Å²) in [5.74, 6) is -0.635. The fourth-order valence-corrected chi connectivity index (χ4v) is 5.40. The van der Waals surface area contributed by atoms with Crippen LogP contribution in [-0.4, -0.2) is 41.6 Å². The van der Waals surface area contributed by atoms with Crippen molar-refractivity contribution >= 4 is 28.9 Å². The molecular weight excluding hydrogens is 448 g/mol. The summed E-state index contributed by atoms with van der Waals surface area (Å²) in [5, 5.41) is 0. The monoisotopic (exact) mass is 486 g/mol. The third kappa shape index (κ3) is 5.45. The van der Waals surface area contributed by atoms with Gasteiger partial charge in [-0.05, 0) is 67.4 Å². The number of hydrogen-bond acceptors (Lipinski definition) is 3. The Kier molecular flexibility index (Phi) is 7.49. The highest BCUT2D eigenvalue weighted by molar-refractivity contribution is 6.02. The molecule has 190 valence electrons. The summed E-state index contributed by atoms with van der Waals surface area (Å²) < 4.78 is 0. The molecule has 2 amide bonds. The highest BCUT2D eigenvalue weighted by Crippen LogP contribution is 2.35. The van der Waals surface area contributed by atoms with E-state index >= 15 is 0 Å². The van der Waals surface area contributed by atoms with Crippen LogP contribution in [0.2, 0.25) is 0 Å². The number of hydrogen-bond donors (Lipinski definition) is 0. The molecular formula is C31H38N2O3. The van der Waals surface area contributed by atoms with Crippen LogP contribution in [0.5, 0.6) is 0 Å². The Balaban J connectivity index is 1.51. The number of anilines is 1. The number of aryl methyl sites for hydroxylation is 1. The molecule has 2 aromatic carbocycles. The number of carbonyl (C=O) groups is 3. The summed E-state index contributed by atoms with van der Waals surface area (Å²) in [6, 6.07) is 15.6. The number of fused-ring (bicyclic) bond motifs is 1. The Morgan fingerprint density at radius 2 is 1.72 bits per heavy atom. The summed E-state index contributed by atoms with van der Waals surface area (Å²) in [5.41, 5.74) is 4.79. The van der Waals surface area contributed by atoms with Crippen LogP contribution < -0.4 is 4.90 Å². The fourth-order valence-electron chi connectivity index (χ4n) is 5.40. The molecule has 0 N–H and O–H groups in total. The smallest absolute Gasteiger partial charge is 0.249 e. The lowest BCUT2D eigenvalue weighted by Crippen LogP contribution is -2.51. The zero-order valence-corrected chi connectivity index (χ0v) is 22.2. The number of amides is 2. The van der Waals surface area contributed by atoms with Gasteiger partial charge in [0.15, 0.2) is 5.78 Å². The standard InChI is InChI=1S/C31H38N2O3/c1-21-12-14-23(15-13-21)22(2)19-25(34)20-26(31(3,4)5)29(35)32-17-8-11-28(32)30(36)33-18-16-24-9-6-7-10-27(24)33/h6-7,9-10,12-15,19,26,28H,8,11,16-18,20H2,1-5H3/b22-19+/t26-,28?/m1/s1. The number of likely N-dealkylation sites (tertiary alicyclic amines) is 1. The van der Waals surface area contributed by atoms with Gasteiger partial charge in [0.1, 0.15) is 6.04 Å². The van der Waals surface area contributed by atoms with E-state index in [4.69, 9.17) is 0 Å². The molecule has 2 aliphatic heterocycles. The lowest BCUT2D eigenvalue weighted by atomic mass is 9.76. The van der Waals surface area contributed by atoms with Crippen molar-refractivity contribution in [2.45, 2.75) is 66.3 Å². The van der Waals surface area contributed by atoms with Crippen LogP contribution in [0.15, 0.2) is 54.6 Å². The minimum atomic E-state index is -0.494. The minimum Gasteiger partial charge on any atom is -0.330 e. The van der Waals surface area contributed by atoms with Crippen molar-refractivity contribution in [3.05, 3.63) is 71.3 Å². The van der Waals surface area contributed by atoms with Crippen LogP contribution in [0.25, 0.3) is 5.57 Å². The van der Waals surface area contributed by atoms with Gasteiger partial charge in [0.25, 0.3) is 0 Å². The van der Waals surface area contributed by atoms with Crippen molar-refractivity contribution in [1.29, 1.82) is 0 Å². The van der Waals surface area contributed by atoms with Crippen molar-refractivity contribution in [3.63, 3.8) is 0 Å². The van der Waals surface area contributed by atoms with Crippen LogP contribution in [0.4, 0.5) is 5.69 Å². The molecule has 5 heteroatoms. The van der Waals surface area contributed by atoms with Crippen molar-refractivity contribution in [2.75, 3.05) is 18.0 Å². The Bertz CT molecular complexity index is 1170. The van der Waals surface area contributed by atoms with E-state index in [2.05, 4.69) is 6.07 Å². The molecule has 1 saturated heterocycles. The number of ketones is 1. The highest BCUT2D eigenvalue weighted by atomic mass is 16.2. The minimum absolute atomic E-state index is 0.0000953. The quantitative estimate of drug-likeness (QED) is 0.500. The van der Waals surface area contributed by atoms with E-state index in [9.17, 15) is 14.4 Å². The van der Waals surface area contributed by atoms with Crippen LogP contribution in [0.1, 0.15) is 63.6 Å². The largest absolute Gasteiger partial charge is 0.330 e. The van der Waals surface area contributed by atoms with Gasteiger partial charge in [0.2, 0.25) is 11.8 Å². The molecule has 5 nitrogen and oxygen atoms in total. The topological polar surface area (TPSA) is 57.7 Å². The highest BCUT2D eigenvalue weighted by Gasteiger charge is 2.43. The molecule has 4 rings (SSSR count). The molecule has 0 spiro atoms. The van der Waals surface area contributed by atoms with Gasteiger partial charge >= 0.3 is 0 Å². The van der Waals surface area contributed by atoms with Crippen molar-refractivity contribution in [1.82, 2.24) is 4.90 Å². The molecule has 2 aliphatic rings. The fraction of sp³-hybridized carbons (Fsp3) is 0.452. The second-order valence-electron chi connectivity index (χ2n) is 11.3. The second-order valence-corrected chi connectivity index (χ2v) is 11.3. The molecule has 0 aliphatic carbocycles. The van der Waals surface area contributed by atoms with E-state index in [0.29, 0.717) is 19.5 Å². The number of carbonyl (C=O) groups excluding carboxylic acids is 3. The van der Waals surface area contributed by atoms with Gasteiger partial charge in [0, 0.05) is 25.2 Å². The van der Waals surface area contributed by atoms with Crippen LogP contribution in [0.3, 0.4) is 0 Å². The van der Waals surface area contributed by atoms with E-state index in [1.165, 1.54) is 11.1 Å². The van der Waals surface area contributed by atoms with Crippen LogP contribution >= 0.6 is 0 Å². The first-order chi connectivity index (χ1) is 17.1. The van der Waals surface area contributed by atoms with Crippen LogP contribution in [-0.2, 0) is 20.8 Å². The summed E-state index contributed by atoms with van der Waals surface area (Å²) in [7, 11) is 0. The first kappa shape index (κ1) is 25.9. The van der Waals surface area contributed by atoms with Gasteiger partial charge in [-0.3, -0.25) is 14.4 Å². The molecule has 2 aromatic rings. The molecule has 1 unspecified atom stereocenters. The molecule has 0 radical (unpaired) electrons. The number of allylic oxidation sites excluding steroid dienone is 2. The predicted molar refractivity (Wildman–Crippen MR) is 145 cm³/mol. The summed E-state index contributed by atoms with van der Waals surface area (Å²) in [6.45, 7) is 11.2. The number of rotatable bonds is 6. The molecule has 1 fully saturated rings. The number of nitrogens with zero attached hydrogens (tertiary/aromatic N) is 2. The zero-order valence-electron chi connectivity index (χ0n) is 22.2. The maximum Gasteiger partial charge on any atom is 0.249 e. The van der Waals surface area contributed by atoms with Gasteiger partial charge in [0.05, 0.1) is 5.92 Å². The summed E-state index contributed by atoms with van der Waals surface area (Å²) >= 11 is 0. The van der Waals surface area contributed by atoms with E-state index < -0.39 is 17.4 Å². The Morgan fingerprint density at radius 3 is 2.42 bits per heavy atom. The normalized spacial score (nSPS) is 18.8. The first-order valence-corrected chi connectivity index (χ1v) is 13.0. The van der Waals surface area contributed by atoms with Gasteiger partial charge in [-0.1, -0.05) is 68.8 Å². The molecule has 2 heterocycles. The molecule has 0 saturated carbocycles. The van der Waals surface area contributed by atoms with E-state index in [1.807, 2.05) is 82.0 Å².